The highest BCUT2D eigenvalue weighted by molar-refractivity contribution is 5.93. The predicted molar refractivity (Wildman–Crippen MR) is 75.2 cm³/mol. The number of aromatic nitrogens is 2. The van der Waals surface area contributed by atoms with Gasteiger partial charge in [-0.1, -0.05) is 19.0 Å². The number of hydrogen-bond acceptors (Lipinski definition) is 4. The molecule has 10 heteroatoms. The summed E-state index contributed by atoms with van der Waals surface area (Å²) < 4.78 is 71.2. The summed E-state index contributed by atoms with van der Waals surface area (Å²) >= 11 is 0. The Morgan fingerprint density at radius 3 is 2.36 bits per heavy atom. The molecule has 1 N–H and O–H groups in total. The van der Waals surface area contributed by atoms with Gasteiger partial charge in [0.2, 0.25) is 0 Å². The van der Waals surface area contributed by atoms with Gasteiger partial charge < -0.3 is 9.63 Å². The fourth-order valence-corrected chi connectivity index (χ4v) is 2.49. The van der Waals surface area contributed by atoms with Crippen LogP contribution in [0.25, 0.3) is 11.3 Å². The Hall–Kier alpha value is -2.52. The second-order valence-corrected chi connectivity index (χ2v) is 5.66. The standard InChI is InChI=1S/C15H13F5N2O3/c1-6(2)5-7-9(8-3-4-25-22-8)12(15(18,19)20)21-11(13(16)17)10(7)14(23)24/h3-4,6,13H,5H2,1-2H3,(H,23,24). The summed E-state index contributed by atoms with van der Waals surface area (Å²) in [4.78, 5) is 14.5. The molecule has 0 spiro atoms. The van der Waals surface area contributed by atoms with E-state index < -0.39 is 46.6 Å². The zero-order valence-corrected chi connectivity index (χ0v) is 13.1. The van der Waals surface area contributed by atoms with Crippen molar-refractivity contribution in [3.05, 3.63) is 34.8 Å². The zero-order chi connectivity index (χ0) is 18.9. The van der Waals surface area contributed by atoms with Crippen molar-refractivity contribution in [2.75, 3.05) is 0 Å². The molecule has 0 aliphatic carbocycles. The van der Waals surface area contributed by atoms with Gasteiger partial charge in [-0.25, -0.2) is 18.6 Å². The molecular weight excluding hydrogens is 351 g/mol. The average molecular weight is 364 g/mol. The minimum atomic E-state index is -5.08. The summed E-state index contributed by atoms with van der Waals surface area (Å²) in [7, 11) is 0. The normalized spacial score (nSPS) is 12.2. The van der Waals surface area contributed by atoms with Crippen LogP contribution in [0.15, 0.2) is 16.9 Å². The van der Waals surface area contributed by atoms with Crippen LogP contribution in [-0.4, -0.2) is 21.2 Å². The van der Waals surface area contributed by atoms with Crippen molar-refractivity contribution in [1.82, 2.24) is 10.1 Å². The number of carboxylic acid groups (broad SMARTS) is 1. The van der Waals surface area contributed by atoms with E-state index in [1.807, 2.05) is 0 Å². The van der Waals surface area contributed by atoms with Gasteiger partial charge in [0.1, 0.15) is 17.7 Å². The largest absolute Gasteiger partial charge is 0.478 e. The van der Waals surface area contributed by atoms with Crippen LogP contribution in [0, 0.1) is 5.92 Å². The van der Waals surface area contributed by atoms with E-state index in [2.05, 4.69) is 14.7 Å². The molecule has 2 heterocycles. The Morgan fingerprint density at radius 1 is 1.32 bits per heavy atom. The van der Waals surface area contributed by atoms with E-state index in [9.17, 15) is 31.9 Å². The summed E-state index contributed by atoms with van der Waals surface area (Å²) in [6.45, 7) is 3.24. The van der Waals surface area contributed by atoms with E-state index in [4.69, 9.17) is 0 Å². The minimum Gasteiger partial charge on any atom is -0.478 e. The van der Waals surface area contributed by atoms with Crippen LogP contribution in [-0.2, 0) is 12.6 Å². The Labute approximate surface area is 138 Å². The van der Waals surface area contributed by atoms with Crippen LogP contribution in [0.2, 0.25) is 0 Å². The van der Waals surface area contributed by atoms with Gasteiger partial charge in [-0.15, -0.1) is 0 Å². The van der Waals surface area contributed by atoms with Gasteiger partial charge >= 0.3 is 12.1 Å². The van der Waals surface area contributed by atoms with Crippen LogP contribution in [0.3, 0.4) is 0 Å². The quantitative estimate of drug-likeness (QED) is 0.786. The monoisotopic (exact) mass is 364 g/mol. The maximum absolute atomic E-state index is 13.4. The number of halogens is 5. The first-order valence-corrected chi connectivity index (χ1v) is 7.10. The summed E-state index contributed by atoms with van der Waals surface area (Å²) in [6, 6.07) is 1.09. The number of carboxylic acids is 1. The topological polar surface area (TPSA) is 76.2 Å². The highest BCUT2D eigenvalue weighted by Gasteiger charge is 2.41. The average Bonchev–Trinajstić information content (AvgIpc) is 2.97. The van der Waals surface area contributed by atoms with Crippen LogP contribution in [0.5, 0.6) is 0 Å². The van der Waals surface area contributed by atoms with Crippen molar-refractivity contribution >= 4 is 5.97 Å². The second kappa shape index (κ2) is 6.77. The first kappa shape index (κ1) is 18.8. The van der Waals surface area contributed by atoms with Gasteiger partial charge in [-0.3, -0.25) is 0 Å². The molecular formula is C15H13F5N2O3. The molecule has 2 aromatic heterocycles. The summed E-state index contributed by atoms with van der Waals surface area (Å²) in [5.74, 6) is -2.09. The highest BCUT2D eigenvalue weighted by Crippen LogP contribution is 2.41. The van der Waals surface area contributed by atoms with Crippen LogP contribution in [0.4, 0.5) is 22.0 Å². The maximum Gasteiger partial charge on any atom is 0.434 e. The predicted octanol–water partition coefficient (Wildman–Crippen LogP) is 4.59. The molecule has 0 radical (unpaired) electrons. The number of rotatable bonds is 5. The van der Waals surface area contributed by atoms with E-state index in [0.29, 0.717) is 0 Å². The molecule has 0 atom stereocenters. The number of hydrogen-bond donors (Lipinski definition) is 1. The lowest BCUT2D eigenvalue weighted by molar-refractivity contribution is -0.141. The lowest BCUT2D eigenvalue weighted by Crippen LogP contribution is -2.20. The molecule has 0 bridgehead atoms. The molecule has 25 heavy (non-hydrogen) atoms. The molecule has 0 saturated carbocycles. The first-order valence-electron chi connectivity index (χ1n) is 7.10. The van der Waals surface area contributed by atoms with Crippen LogP contribution >= 0.6 is 0 Å². The van der Waals surface area contributed by atoms with Crippen molar-refractivity contribution in [2.24, 2.45) is 5.92 Å². The second-order valence-electron chi connectivity index (χ2n) is 5.66. The molecule has 0 unspecified atom stereocenters. The molecule has 136 valence electrons. The smallest absolute Gasteiger partial charge is 0.434 e. The number of nitrogens with zero attached hydrogens (tertiary/aromatic N) is 2. The Bertz CT molecular complexity index is 770. The Kier molecular flexibility index (Phi) is 5.09. The molecule has 0 aliphatic rings. The summed E-state index contributed by atoms with van der Waals surface area (Å²) in [6.07, 6.45) is -7.75. The molecule has 0 saturated heterocycles. The lowest BCUT2D eigenvalue weighted by atomic mass is 9.89. The molecule has 5 nitrogen and oxygen atoms in total. The van der Waals surface area contributed by atoms with Crippen molar-refractivity contribution in [3.8, 4) is 11.3 Å². The fourth-order valence-electron chi connectivity index (χ4n) is 2.49. The third-order valence-corrected chi connectivity index (χ3v) is 3.32. The lowest BCUT2D eigenvalue weighted by Gasteiger charge is -2.20. The van der Waals surface area contributed by atoms with Crippen LogP contribution in [0.1, 0.15) is 47.6 Å². The van der Waals surface area contributed by atoms with E-state index >= 15 is 0 Å². The molecule has 0 aliphatic heterocycles. The third kappa shape index (κ3) is 3.77. The van der Waals surface area contributed by atoms with Gasteiger partial charge in [0, 0.05) is 11.6 Å². The van der Waals surface area contributed by atoms with Crippen molar-refractivity contribution < 1.29 is 36.4 Å². The Morgan fingerprint density at radius 2 is 1.96 bits per heavy atom. The van der Waals surface area contributed by atoms with Crippen molar-refractivity contribution in [1.29, 1.82) is 0 Å². The van der Waals surface area contributed by atoms with E-state index in [1.54, 1.807) is 13.8 Å². The molecule has 2 rings (SSSR count). The van der Waals surface area contributed by atoms with Gasteiger partial charge in [0.05, 0.1) is 5.56 Å². The molecule has 0 aromatic carbocycles. The minimum absolute atomic E-state index is 0.185. The van der Waals surface area contributed by atoms with Crippen LogP contribution < -0.4 is 0 Å². The Balaban J connectivity index is 2.99. The van der Waals surface area contributed by atoms with Gasteiger partial charge in [0.25, 0.3) is 6.43 Å². The number of alkyl halides is 5. The highest BCUT2D eigenvalue weighted by atomic mass is 19.4. The molecule has 0 fully saturated rings. The summed E-state index contributed by atoms with van der Waals surface area (Å²) in [5, 5.41) is 12.7. The molecule has 0 amide bonds. The number of carbonyl (C=O) groups is 1. The van der Waals surface area contributed by atoms with Gasteiger partial charge in [-0.05, 0) is 17.9 Å². The van der Waals surface area contributed by atoms with Crippen molar-refractivity contribution in [3.63, 3.8) is 0 Å². The number of pyridine rings is 1. The fraction of sp³-hybridized carbons (Fsp3) is 0.400. The number of aromatic carboxylic acids is 1. The van der Waals surface area contributed by atoms with E-state index in [1.165, 1.54) is 0 Å². The van der Waals surface area contributed by atoms with E-state index in [0.717, 1.165) is 12.3 Å². The SMILES string of the molecule is CC(C)Cc1c(C(=O)O)c(C(F)F)nc(C(F)(F)F)c1-c1ccon1. The third-order valence-electron chi connectivity index (χ3n) is 3.32. The van der Waals surface area contributed by atoms with Gasteiger partial charge in [0.15, 0.2) is 5.69 Å². The molecule has 2 aromatic rings. The first-order chi connectivity index (χ1) is 11.5. The maximum atomic E-state index is 13.4. The van der Waals surface area contributed by atoms with Gasteiger partial charge in [-0.2, -0.15) is 13.2 Å². The summed E-state index contributed by atoms with van der Waals surface area (Å²) in [5.41, 5.74) is -5.33. The van der Waals surface area contributed by atoms with E-state index in [-0.39, 0.29) is 18.0 Å². The zero-order valence-electron chi connectivity index (χ0n) is 13.1. The van der Waals surface area contributed by atoms with Crippen molar-refractivity contribution in [2.45, 2.75) is 32.9 Å².